The zero-order valence-corrected chi connectivity index (χ0v) is 21.7. The number of hydrogen-bond acceptors (Lipinski definition) is 8. The Hall–Kier alpha value is -3.85. The quantitative estimate of drug-likeness (QED) is 0.434. The lowest BCUT2D eigenvalue weighted by Gasteiger charge is -2.24. The second kappa shape index (κ2) is 10.8. The minimum absolute atomic E-state index is 0.251. The molecule has 0 bridgehead atoms. The van der Waals surface area contributed by atoms with Gasteiger partial charge in [0.2, 0.25) is 0 Å². The van der Waals surface area contributed by atoms with E-state index in [-0.39, 0.29) is 5.56 Å². The Morgan fingerprint density at radius 1 is 1.08 bits per heavy atom. The minimum atomic E-state index is -0.679. The summed E-state index contributed by atoms with van der Waals surface area (Å²) in [4.78, 5) is 31.6. The van der Waals surface area contributed by atoms with Crippen molar-refractivity contribution in [3.8, 4) is 17.2 Å². The summed E-state index contributed by atoms with van der Waals surface area (Å²) in [7, 11) is 4.45. The van der Waals surface area contributed by atoms with Crippen LogP contribution in [0.1, 0.15) is 37.4 Å². The van der Waals surface area contributed by atoms with Crippen LogP contribution in [0.4, 0.5) is 0 Å². The summed E-state index contributed by atoms with van der Waals surface area (Å²) < 4.78 is 23.5. The number of allylic oxidation sites excluding steroid dienone is 1. The molecular weight excluding hydrogens is 480 g/mol. The maximum absolute atomic E-state index is 13.7. The summed E-state index contributed by atoms with van der Waals surface area (Å²) in [6.07, 6.45) is 2.68. The summed E-state index contributed by atoms with van der Waals surface area (Å²) in [6.45, 7) is 4.40. The van der Waals surface area contributed by atoms with E-state index in [9.17, 15) is 9.59 Å². The molecule has 1 aliphatic rings. The fraction of sp³-hybridized carbons (Fsp3) is 0.296. The van der Waals surface area contributed by atoms with Gasteiger partial charge in [-0.2, -0.15) is 0 Å². The number of aromatic nitrogens is 1. The summed E-state index contributed by atoms with van der Waals surface area (Å²) in [6, 6.07) is 12.2. The lowest BCUT2D eigenvalue weighted by Crippen LogP contribution is -2.39. The molecule has 0 amide bonds. The number of rotatable bonds is 8. The van der Waals surface area contributed by atoms with Gasteiger partial charge in [0, 0.05) is 0 Å². The Bertz CT molecular complexity index is 1480. The van der Waals surface area contributed by atoms with Crippen LogP contribution in [0.15, 0.2) is 63.5 Å². The Labute approximate surface area is 212 Å². The molecule has 1 aromatic heterocycles. The van der Waals surface area contributed by atoms with Gasteiger partial charge in [0.15, 0.2) is 16.3 Å². The third-order valence-electron chi connectivity index (χ3n) is 5.80. The number of benzene rings is 2. The molecule has 0 aliphatic carbocycles. The fourth-order valence-electron chi connectivity index (χ4n) is 4.07. The van der Waals surface area contributed by atoms with Gasteiger partial charge >= 0.3 is 5.97 Å². The molecule has 0 fully saturated rings. The standard InChI is InChI=1S/C27H28N2O6S/c1-6-13-35-19-10-8-18(9-11-19)24-23(26(31)34-5)16(2)28-27-29(24)25(30)22(36-27)15-17-7-12-20(32-3)21(14-17)33-4/h7-12,14-15,24H,6,13H2,1-5H3. The topological polar surface area (TPSA) is 88.4 Å². The number of fused-ring (bicyclic) bond motifs is 1. The van der Waals surface area contributed by atoms with Crippen LogP contribution in [0.2, 0.25) is 0 Å². The van der Waals surface area contributed by atoms with Gasteiger partial charge in [-0.25, -0.2) is 9.79 Å². The summed E-state index contributed by atoms with van der Waals surface area (Å²) in [5.41, 5.74) is 2.11. The van der Waals surface area contributed by atoms with Crippen LogP contribution >= 0.6 is 11.3 Å². The summed E-state index contributed by atoms with van der Waals surface area (Å²) in [5.74, 6) is 1.36. The third kappa shape index (κ3) is 4.79. The highest BCUT2D eigenvalue weighted by Crippen LogP contribution is 2.32. The van der Waals surface area contributed by atoms with Crippen LogP contribution in [0.3, 0.4) is 0 Å². The molecule has 0 saturated heterocycles. The molecule has 1 unspecified atom stereocenters. The average Bonchev–Trinajstić information content (AvgIpc) is 3.20. The zero-order chi connectivity index (χ0) is 25.8. The average molecular weight is 509 g/mol. The van der Waals surface area contributed by atoms with Gasteiger partial charge < -0.3 is 18.9 Å². The van der Waals surface area contributed by atoms with Gasteiger partial charge in [0.1, 0.15) is 5.75 Å². The number of carbonyl (C=O) groups is 1. The first-order valence-corrected chi connectivity index (χ1v) is 12.3. The van der Waals surface area contributed by atoms with Crippen LogP contribution in [0.25, 0.3) is 6.08 Å². The van der Waals surface area contributed by atoms with Crippen molar-refractivity contribution in [1.82, 2.24) is 4.57 Å². The number of nitrogens with zero attached hydrogens (tertiary/aromatic N) is 2. The molecule has 0 radical (unpaired) electrons. The second-order valence-corrected chi connectivity index (χ2v) is 9.11. The Balaban J connectivity index is 1.87. The van der Waals surface area contributed by atoms with Crippen molar-refractivity contribution in [2.75, 3.05) is 27.9 Å². The molecule has 4 rings (SSSR count). The zero-order valence-electron chi connectivity index (χ0n) is 20.9. The molecule has 188 valence electrons. The highest BCUT2D eigenvalue weighted by molar-refractivity contribution is 7.07. The first kappa shape index (κ1) is 25.2. The molecule has 2 aromatic carbocycles. The van der Waals surface area contributed by atoms with Gasteiger partial charge in [-0.3, -0.25) is 9.36 Å². The maximum atomic E-state index is 13.7. The number of thiazole rings is 1. The monoisotopic (exact) mass is 508 g/mol. The molecule has 1 atom stereocenters. The van der Waals surface area contributed by atoms with Crippen molar-refractivity contribution >= 4 is 23.4 Å². The Kier molecular flexibility index (Phi) is 7.59. The van der Waals surface area contributed by atoms with Crippen LogP contribution < -0.4 is 29.1 Å². The minimum Gasteiger partial charge on any atom is -0.494 e. The molecule has 9 heteroatoms. The van der Waals surface area contributed by atoms with Gasteiger partial charge in [0.25, 0.3) is 5.56 Å². The lowest BCUT2D eigenvalue weighted by atomic mass is 9.96. The number of carbonyl (C=O) groups excluding carboxylic acids is 1. The first-order chi connectivity index (χ1) is 17.4. The van der Waals surface area contributed by atoms with Crippen LogP contribution in [-0.2, 0) is 9.53 Å². The number of hydrogen-bond donors (Lipinski definition) is 0. The fourth-order valence-corrected chi connectivity index (χ4v) is 5.11. The molecule has 3 aromatic rings. The van der Waals surface area contributed by atoms with Crippen molar-refractivity contribution in [3.05, 3.63) is 84.5 Å². The van der Waals surface area contributed by atoms with Crippen molar-refractivity contribution in [2.45, 2.75) is 26.3 Å². The first-order valence-electron chi connectivity index (χ1n) is 11.5. The largest absolute Gasteiger partial charge is 0.494 e. The van der Waals surface area contributed by atoms with Crippen LogP contribution in [0, 0.1) is 0 Å². The number of ether oxygens (including phenoxy) is 4. The molecule has 1 aliphatic heterocycles. The predicted octanol–water partition coefficient (Wildman–Crippen LogP) is 3.21. The number of methoxy groups -OCH3 is 3. The Morgan fingerprint density at radius 3 is 2.44 bits per heavy atom. The molecular formula is C27H28N2O6S. The molecule has 0 saturated carbocycles. The molecule has 0 spiro atoms. The van der Waals surface area contributed by atoms with E-state index in [4.69, 9.17) is 18.9 Å². The lowest BCUT2D eigenvalue weighted by molar-refractivity contribution is -0.136. The number of esters is 1. The van der Waals surface area contributed by atoms with Gasteiger partial charge in [0.05, 0.1) is 49.8 Å². The van der Waals surface area contributed by atoms with Crippen molar-refractivity contribution in [3.63, 3.8) is 0 Å². The van der Waals surface area contributed by atoms with E-state index in [0.29, 0.717) is 38.7 Å². The van der Waals surface area contributed by atoms with Gasteiger partial charge in [-0.15, -0.1) is 0 Å². The normalized spacial score (nSPS) is 15.2. The smallest absolute Gasteiger partial charge is 0.338 e. The van der Waals surface area contributed by atoms with Crippen LogP contribution in [-0.4, -0.2) is 38.5 Å². The van der Waals surface area contributed by atoms with Crippen molar-refractivity contribution < 1.29 is 23.7 Å². The predicted molar refractivity (Wildman–Crippen MR) is 138 cm³/mol. The molecule has 36 heavy (non-hydrogen) atoms. The SMILES string of the molecule is CCCOc1ccc(C2C(C(=O)OC)=C(C)N=c3sc(=Cc4ccc(OC)c(OC)c4)c(=O)n32)cc1. The Morgan fingerprint density at radius 2 is 1.81 bits per heavy atom. The summed E-state index contributed by atoms with van der Waals surface area (Å²) >= 11 is 1.26. The molecule has 2 heterocycles. The van der Waals surface area contributed by atoms with E-state index in [1.165, 1.54) is 18.4 Å². The molecule has 8 nitrogen and oxygen atoms in total. The second-order valence-electron chi connectivity index (χ2n) is 8.11. The van der Waals surface area contributed by atoms with E-state index >= 15 is 0 Å². The van der Waals surface area contributed by atoms with E-state index in [1.54, 1.807) is 43.9 Å². The van der Waals surface area contributed by atoms with Crippen molar-refractivity contribution in [2.24, 2.45) is 4.99 Å². The molecule has 0 N–H and O–H groups in total. The highest BCUT2D eigenvalue weighted by atomic mass is 32.1. The van der Waals surface area contributed by atoms with E-state index in [0.717, 1.165) is 23.3 Å². The highest BCUT2D eigenvalue weighted by Gasteiger charge is 2.33. The van der Waals surface area contributed by atoms with Crippen LogP contribution in [0.5, 0.6) is 17.2 Å². The van der Waals surface area contributed by atoms with Crippen molar-refractivity contribution in [1.29, 1.82) is 0 Å². The van der Waals surface area contributed by atoms with E-state index < -0.39 is 12.0 Å². The van der Waals surface area contributed by atoms with Gasteiger partial charge in [-0.1, -0.05) is 36.5 Å². The third-order valence-corrected chi connectivity index (χ3v) is 6.78. The van der Waals surface area contributed by atoms with E-state index in [2.05, 4.69) is 4.99 Å². The van der Waals surface area contributed by atoms with E-state index in [1.807, 2.05) is 37.3 Å². The van der Waals surface area contributed by atoms with Gasteiger partial charge in [-0.05, 0) is 54.8 Å². The summed E-state index contributed by atoms with van der Waals surface area (Å²) in [5, 5.41) is 0. The maximum Gasteiger partial charge on any atom is 0.338 e.